The molecule has 32 heavy (non-hydrogen) atoms. The van der Waals surface area contributed by atoms with E-state index in [4.69, 9.17) is 16.3 Å². The van der Waals surface area contributed by atoms with E-state index in [0.717, 1.165) is 36.1 Å². The molecule has 2 saturated heterocycles. The first-order valence-corrected chi connectivity index (χ1v) is 11.7. The van der Waals surface area contributed by atoms with Gasteiger partial charge in [0.05, 0.1) is 24.8 Å². The van der Waals surface area contributed by atoms with Crippen molar-refractivity contribution in [2.24, 2.45) is 0 Å². The highest BCUT2D eigenvalue weighted by atomic mass is 79.9. The summed E-state index contributed by atoms with van der Waals surface area (Å²) in [5.41, 5.74) is 1.31. The topological polar surface area (TPSA) is 70.1 Å². The molecule has 2 aliphatic heterocycles. The Kier molecular flexibility index (Phi) is 7.30. The third-order valence-corrected chi connectivity index (χ3v) is 6.54. The van der Waals surface area contributed by atoms with Crippen LogP contribution in [0.1, 0.15) is 23.6 Å². The molecule has 1 atom stereocenters. The minimum atomic E-state index is -0.672. The number of carbonyl (C=O) groups excluding carboxylic acids is 2. The van der Waals surface area contributed by atoms with Gasteiger partial charge in [-0.2, -0.15) is 0 Å². The second-order valence-electron chi connectivity index (χ2n) is 7.86. The molecule has 4 rings (SSSR count). The van der Waals surface area contributed by atoms with Gasteiger partial charge < -0.3 is 14.7 Å². The summed E-state index contributed by atoms with van der Waals surface area (Å²) in [6.45, 7) is 4.38. The van der Waals surface area contributed by atoms with E-state index in [0.29, 0.717) is 30.3 Å². The standard InChI is InChI=1S/C24H24BrClN2O4/c25-18-4-1-3-17(15-18)21-20(22(29)16-5-7-19(26)8-6-16)23(30)24(31)28(21)10-2-9-27-11-13-32-14-12-27/h1,3-8,15,21,29H,2,9-14H2/b22-20+/t21-/m1/s1. The number of amides is 1. The zero-order valence-corrected chi connectivity index (χ0v) is 19.8. The number of nitrogens with zero attached hydrogens (tertiary/aromatic N) is 2. The number of ketones is 1. The fourth-order valence-electron chi connectivity index (χ4n) is 4.19. The predicted octanol–water partition coefficient (Wildman–Crippen LogP) is 4.25. The third-order valence-electron chi connectivity index (χ3n) is 5.80. The van der Waals surface area contributed by atoms with E-state index in [-0.39, 0.29) is 11.3 Å². The molecule has 2 fully saturated rings. The molecule has 2 heterocycles. The Morgan fingerprint density at radius 2 is 1.81 bits per heavy atom. The van der Waals surface area contributed by atoms with E-state index in [1.165, 1.54) is 0 Å². The molecule has 6 nitrogen and oxygen atoms in total. The molecule has 0 aliphatic carbocycles. The fraction of sp³-hybridized carbons (Fsp3) is 0.333. The van der Waals surface area contributed by atoms with Crippen molar-refractivity contribution in [2.75, 3.05) is 39.4 Å². The van der Waals surface area contributed by atoms with Crippen molar-refractivity contribution in [3.8, 4) is 0 Å². The number of rotatable bonds is 6. The average molecular weight is 520 g/mol. The van der Waals surface area contributed by atoms with E-state index in [2.05, 4.69) is 20.8 Å². The molecule has 2 aromatic carbocycles. The Morgan fingerprint density at radius 1 is 1.09 bits per heavy atom. The van der Waals surface area contributed by atoms with Gasteiger partial charge in [0.25, 0.3) is 11.7 Å². The van der Waals surface area contributed by atoms with Crippen molar-refractivity contribution in [3.05, 3.63) is 74.7 Å². The second kappa shape index (κ2) is 10.2. The molecular formula is C24H24BrClN2O4. The molecule has 168 valence electrons. The van der Waals surface area contributed by atoms with Crippen LogP contribution in [0.2, 0.25) is 5.02 Å². The SMILES string of the molecule is O=C1C(=O)N(CCCN2CCOCC2)[C@H](c2cccc(Br)c2)/C1=C(\O)c1ccc(Cl)cc1. The van der Waals surface area contributed by atoms with Gasteiger partial charge in [-0.05, 0) is 48.4 Å². The summed E-state index contributed by atoms with van der Waals surface area (Å²) >= 11 is 9.44. The van der Waals surface area contributed by atoms with Crippen LogP contribution in [0.5, 0.6) is 0 Å². The molecule has 1 amide bonds. The molecule has 0 bridgehead atoms. The van der Waals surface area contributed by atoms with Crippen molar-refractivity contribution in [2.45, 2.75) is 12.5 Å². The molecule has 2 aromatic rings. The number of likely N-dealkylation sites (tertiary alicyclic amines) is 1. The lowest BCUT2D eigenvalue weighted by Gasteiger charge is -2.29. The summed E-state index contributed by atoms with van der Waals surface area (Å²) in [5, 5.41) is 11.6. The van der Waals surface area contributed by atoms with Crippen LogP contribution in [-0.2, 0) is 14.3 Å². The van der Waals surface area contributed by atoms with Crippen LogP contribution in [0.3, 0.4) is 0 Å². The highest BCUT2D eigenvalue weighted by molar-refractivity contribution is 9.10. The van der Waals surface area contributed by atoms with Gasteiger partial charge in [-0.3, -0.25) is 14.5 Å². The smallest absolute Gasteiger partial charge is 0.295 e. The summed E-state index contributed by atoms with van der Waals surface area (Å²) in [6.07, 6.45) is 0.721. The van der Waals surface area contributed by atoms with Gasteiger partial charge in [-0.25, -0.2) is 0 Å². The van der Waals surface area contributed by atoms with Gasteiger partial charge in [-0.15, -0.1) is 0 Å². The molecule has 2 aliphatic rings. The third kappa shape index (κ3) is 4.91. The number of morpholine rings is 1. The van der Waals surface area contributed by atoms with Gasteiger partial charge in [-0.1, -0.05) is 39.7 Å². The number of benzene rings is 2. The first-order valence-electron chi connectivity index (χ1n) is 10.6. The minimum Gasteiger partial charge on any atom is -0.507 e. The molecule has 0 saturated carbocycles. The predicted molar refractivity (Wildman–Crippen MR) is 126 cm³/mol. The summed E-state index contributed by atoms with van der Waals surface area (Å²) < 4.78 is 6.22. The fourth-order valence-corrected chi connectivity index (χ4v) is 4.73. The Balaban J connectivity index is 1.67. The minimum absolute atomic E-state index is 0.0989. The molecule has 0 aromatic heterocycles. The number of aliphatic hydroxyl groups excluding tert-OH is 1. The van der Waals surface area contributed by atoms with Gasteiger partial charge >= 0.3 is 0 Å². The van der Waals surface area contributed by atoms with Crippen molar-refractivity contribution < 1.29 is 19.4 Å². The van der Waals surface area contributed by atoms with Gasteiger partial charge in [0.15, 0.2) is 0 Å². The molecule has 1 N–H and O–H groups in total. The lowest BCUT2D eigenvalue weighted by Crippen LogP contribution is -2.38. The Morgan fingerprint density at radius 3 is 2.50 bits per heavy atom. The van der Waals surface area contributed by atoms with Gasteiger partial charge in [0, 0.05) is 41.2 Å². The average Bonchev–Trinajstić information content (AvgIpc) is 3.05. The normalized spacial score (nSPS) is 21.3. The molecule has 8 heteroatoms. The van der Waals surface area contributed by atoms with Crippen molar-refractivity contribution in [3.63, 3.8) is 0 Å². The van der Waals surface area contributed by atoms with Crippen LogP contribution in [-0.4, -0.2) is 66.0 Å². The maximum Gasteiger partial charge on any atom is 0.295 e. The monoisotopic (exact) mass is 518 g/mol. The largest absolute Gasteiger partial charge is 0.507 e. The van der Waals surface area contributed by atoms with Crippen molar-refractivity contribution >= 4 is 45.0 Å². The van der Waals surface area contributed by atoms with Crippen LogP contribution < -0.4 is 0 Å². The van der Waals surface area contributed by atoms with E-state index in [1.807, 2.05) is 24.3 Å². The first-order chi connectivity index (χ1) is 15.5. The van der Waals surface area contributed by atoms with E-state index in [1.54, 1.807) is 29.2 Å². The highest BCUT2D eigenvalue weighted by Crippen LogP contribution is 2.40. The number of ether oxygens (including phenoxy) is 1. The summed E-state index contributed by atoms with van der Waals surface area (Å²) in [7, 11) is 0. The molecule has 0 unspecified atom stereocenters. The Hall–Kier alpha value is -2.19. The number of hydrogen-bond acceptors (Lipinski definition) is 5. The van der Waals surface area contributed by atoms with E-state index < -0.39 is 17.7 Å². The lowest BCUT2D eigenvalue weighted by atomic mass is 9.95. The second-order valence-corrected chi connectivity index (χ2v) is 9.21. The quantitative estimate of drug-likeness (QED) is 0.351. The van der Waals surface area contributed by atoms with Crippen LogP contribution in [0, 0.1) is 0 Å². The van der Waals surface area contributed by atoms with Crippen LogP contribution in [0.15, 0.2) is 58.6 Å². The van der Waals surface area contributed by atoms with Crippen LogP contribution in [0.4, 0.5) is 0 Å². The van der Waals surface area contributed by atoms with Crippen LogP contribution >= 0.6 is 27.5 Å². The summed E-state index contributed by atoms with van der Waals surface area (Å²) in [5.74, 6) is -1.46. The number of hydrogen-bond donors (Lipinski definition) is 1. The van der Waals surface area contributed by atoms with Crippen LogP contribution in [0.25, 0.3) is 5.76 Å². The van der Waals surface area contributed by atoms with Crippen molar-refractivity contribution in [1.82, 2.24) is 9.80 Å². The van der Waals surface area contributed by atoms with Crippen molar-refractivity contribution in [1.29, 1.82) is 0 Å². The number of Topliss-reactive ketones (excluding diaryl/α,β-unsaturated/α-hetero) is 1. The first kappa shape index (κ1) is 23.0. The molecule has 0 spiro atoms. The van der Waals surface area contributed by atoms with E-state index in [9.17, 15) is 14.7 Å². The number of aliphatic hydroxyl groups is 1. The maximum atomic E-state index is 13.1. The lowest BCUT2D eigenvalue weighted by molar-refractivity contribution is -0.140. The maximum absolute atomic E-state index is 13.1. The Bertz CT molecular complexity index is 1030. The highest BCUT2D eigenvalue weighted by Gasteiger charge is 2.45. The summed E-state index contributed by atoms with van der Waals surface area (Å²) in [6, 6.07) is 13.4. The zero-order valence-electron chi connectivity index (χ0n) is 17.5. The molecular weight excluding hydrogens is 496 g/mol. The summed E-state index contributed by atoms with van der Waals surface area (Å²) in [4.78, 5) is 29.9. The van der Waals surface area contributed by atoms with Gasteiger partial charge in [0.2, 0.25) is 0 Å². The molecule has 0 radical (unpaired) electrons. The zero-order chi connectivity index (χ0) is 22.7. The van der Waals surface area contributed by atoms with E-state index >= 15 is 0 Å². The van der Waals surface area contributed by atoms with Gasteiger partial charge in [0.1, 0.15) is 5.76 Å². The number of carbonyl (C=O) groups is 2. The number of halogens is 2. The Labute approximate surface area is 200 Å².